The van der Waals surface area contributed by atoms with Crippen LogP contribution < -0.4 is 0 Å². The van der Waals surface area contributed by atoms with E-state index in [4.69, 9.17) is 16.6 Å². The lowest BCUT2D eigenvalue weighted by atomic mass is 9.97. The summed E-state index contributed by atoms with van der Waals surface area (Å²) in [7, 11) is 0. The maximum atomic E-state index is 6.15. The number of pyridine rings is 1. The molecule has 0 saturated carbocycles. The minimum Gasteiger partial charge on any atom is -0.297 e. The predicted octanol–water partition coefficient (Wildman–Crippen LogP) is 7.21. The summed E-state index contributed by atoms with van der Waals surface area (Å²) in [6.45, 7) is 5.21. The second kappa shape index (κ2) is 9.53. The number of piperidine rings is 1. The Hall–Kier alpha value is -2.53. The third kappa shape index (κ3) is 4.78. The Morgan fingerprint density at radius 2 is 1.66 bits per heavy atom. The van der Waals surface area contributed by atoms with E-state index >= 15 is 0 Å². The molecular weight excluding hydrogens is 434 g/mol. The van der Waals surface area contributed by atoms with Crippen LogP contribution in [0.2, 0.25) is 5.02 Å². The zero-order valence-electron chi connectivity index (χ0n) is 18.2. The highest BCUT2D eigenvalue weighted by Crippen LogP contribution is 2.42. The van der Waals surface area contributed by atoms with E-state index in [1.807, 2.05) is 35.7 Å². The van der Waals surface area contributed by atoms with Gasteiger partial charge in [-0.3, -0.25) is 9.88 Å². The lowest BCUT2D eigenvalue weighted by Gasteiger charge is -2.30. The average molecular weight is 460 g/mol. The maximum absolute atomic E-state index is 6.15. The number of rotatable bonds is 5. The van der Waals surface area contributed by atoms with Gasteiger partial charge in [0, 0.05) is 29.2 Å². The van der Waals surface area contributed by atoms with Gasteiger partial charge in [0.25, 0.3) is 0 Å². The van der Waals surface area contributed by atoms with Crippen LogP contribution in [0, 0.1) is 6.92 Å². The molecule has 4 aromatic rings. The predicted molar refractivity (Wildman–Crippen MR) is 134 cm³/mol. The molecule has 0 spiro atoms. The molecule has 0 unspecified atom stereocenters. The van der Waals surface area contributed by atoms with E-state index in [1.54, 1.807) is 0 Å². The number of thiazole rings is 1. The van der Waals surface area contributed by atoms with Gasteiger partial charge in [-0.1, -0.05) is 59.6 Å². The fourth-order valence-corrected chi connectivity index (χ4v) is 5.66. The molecule has 1 fully saturated rings. The number of hydrogen-bond donors (Lipinski definition) is 0. The minimum absolute atomic E-state index is 0.505. The number of nitrogens with zero attached hydrogens (tertiary/aromatic N) is 3. The van der Waals surface area contributed by atoms with Crippen LogP contribution in [0.15, 0.2) is 72.9 Å². The Morgan fingerprint density at radius 3 is 2.34 bits per heavy atom. The van der Waals surface area contributed by atoms with E-state index in [0.29, 0.717) is 5.92 Å². The summed E-state index contributed by atoms with van der Waals surface area (Å²) in [6.07, 6.45) is 4.14. The summed E-state index contributed by atoms with van der Waals surface area (Å²) in [5, 5.41) is 2.00. The topological polar surface area (TPSA) is 29.0 Å². The standard InChI is InChI=1S/C27H26ClN3S/c1-19-5-7-21(8-6-19)26-25(20-9-11-23(28)12-10-20)30-27(32-26)22-13-16-31(17-14-22)18-24-4-2-3-15-29-24/h2-12,15,22H,13-14,16-18H2,1H3. The summed E-state index contributed by atoms with van der Waals surface area (Å²) in [5.74, 6) is 0.505. The number of likely N-dealkylation sites (tertiary alicyclic amines) is 1. The highest BCUT2D eigenvalue weighted by Gasteiger charge is 2.25. The Morgan fingerprint density at radius 1 is 0.938 bits per heavy atom. The van der Waals surface area contributed by atoms with Gasteiger partial charge in [0.1, 0.15) is 0 Å². The number of halogens is 1. The Balaban J connectivity index is 1.39. The molecule has 5 rings (SSSR count). The monoisotopic (exact) mass is 459 g/mol. The molecule has 162 valence electrons. The first-order valence-corrected chi connectivity index (χ1v) is 12.3. The molecule has 32 heavy (non-hydrogen) atoms. The fraction of sp³-hybridized carbons (Fsp3) is 0.259. The van der Waals surface area contributed by atoms with E-state index in [-0.39, 0.29) is 0 Å². The smallest absolute Gasteiger partial charge is 0.0970 e. The van der Waals surface area contributed by atoms with Crippen LogP contribution in [0.4, 0.5) is 0 Å². The number of aryl methyl sites for hydroxylation is 1. The summed E-state index contributed by atoms with van der Waals surface area (Å²) >= 11 is 8.00. The van der Waals surface area contributed by atoms with Crippen molar-refractivity contribution in [2.75, 3.05) is 13.1 Å². The SMILES string of the molecule is Cc1ccc(-c2sc(C3CCN(Cc4ccccn4)CC3)nc2-c2ccc(Cl)cc2)cc1. The molecule has 0 aliphatic carbocycles. The molecule has 3 nitrogen and oxygen atoms in total. The van der Waals surface area contributed by atoms with Crippen molar-refractivity contribution < 1.29 is 0 Å². The number of aromatic nitrogens is 2. The first kappa shape index (κ1) is 21.3. The van der Waals surface area contributed by atoms with Crippen molar-refractivity contribution in [2.24, 2.45) is 0 Å². The van der Waals surface area contributed by atoms with Gasteiger partial charge in [-0.2, -0.15) is 0 Å². The minimum atomic E-state index is 0.505. The Bertz CT molecular complexity index is 1100. The molecule has 2 aromatic carbocycles. The molecule has 0 bridgehead atoms. The summed E-state index contributed by atoms with van der Waals surface area (Å²) in [4.78, 5) is 13.4. The highest BCUT2D eigenvalue weighted by atomic mass is 35.5. The van der Waals surface area contributed by atoms with Gasteiger partial charge >= 0.3 is 0 Å². The Kier molecular flexibility index (Phi) is 6.35. The van der Waals surface area contributed by atoms with Gasteiger partial charge in [-0.25, -0.2) is 4.98 Å². The van der Waals surface area contributed by atoms with Crippen molar-refractivity contribution in [2.45, 2.75) is 32.2 Å². The molecule has 1 aliphatic heterocycles. The van der Waals surface area contributed by atoms with Crippen LogP contribution in [0.5, 0.6) is 0 Å². The van der Waals surface area contributed by atoms with E-state index in [0.717, 1.165) is 54.4 Å². The number of hydrogen-bond acceptors (Lipinski definition) is 4. The van der Waals surface area contributed by atoms with Crippen molar-refractivity contribution in [3.05, 3.63) is 94.2 Å². The zero-order chi connectivity index (χ0) is 21.9. The summed E-state index contributed by atoms with van der Waals surface area (Å²) in [6, 6.07) is 23.0. The van der Waals surface area contributed by atoms with Gasteiger partial charge in [0.2, 0.25) is 0 Å². The molecule has 3 heterocycles. The molecule has 1 saturated heterocycles. The normalized spacial score (nSPS) is 15.2. The van der Waals surface area contributed by atoms with Crippen LogP contribution in [-0.2, 0) is 6.54 Å². The van der Waals surface area contributed by atoms with Crippen molar-refractivity contribution in [1.29, 1.82) is 0 Å². The number of benzene rings is 2. The highest BCUT2D eigenvalue weighted by molar-refractivity contribution is 7.15. The van der Waals surface area contributed by atoms with Crippen molar-refractivity contribution in [1.82, 2.24) is 14.9 Å². The second-order valence-electron chi connectivity index (χ2n) is 8.47. The lowest BCUT2D eigenvalue weighted by Crippen LogP contribution is -2.32. The molecule has 0 radical (unpaired) electrons. The molecule has 5 heteroatoms. The van der Waals surface area contributed by atoms with Gasteiger partial charge in [0.05, 0.1) is 21.3 Å². The van der Waals surface area contributed by atoms with Crippen molar-refractivity contribution >= 4 is 22.9 Å². The summed E-state index contributed by atoms with van der Waals surface area (Å²) < 4.78 is 0. The molecule has 0 atom stereocenters. The van der Waals surface area contributed by atoms with Crippen LogP contribution in [-0.4, -0.2) is 28.0 Å². The Labute approximate surface area is 198 Å². The van der Waals surface area contributed by atoms with Crippen molar-refractivity contribution in [3.8, 4) is 21.7 Å². The van der Waals surface area contributed by atoms with Gasteiger partial charge < -0.3 is 0 Å². The van der Waals surface area contributed by atoms with E-state index in [2.05, 4.69) is 65.3 Å². The quantitative estimate of drug-likeness (QED) is 0.315. The van der Waals surface area contributed by atoms with E-state index < -0.39 is 0 Å². The van der Waals surface area contributed by atoms with Crippen LogP contribution >= 0.6 is 22.9 Å². The fourth-order valence-electron chi connectivity index (χ4n) is 4.27. The third-order valence-electron chi connectivity index (χ3n) is 6.12. The van der Waals surface area contributed by atoms with Gasteiger partial charge in [-0.15, -0.1) is 11.3 Å². The van der Waals surface area contributed by atoms with Crippen LogP contribution in [0.1, 0.15) is 35.0 Å². The second-order valence-corrected chi connectivity index (χ2v) is 9.94. The first-order chi connectivity index (χ1) is 15.7. The molecule has 1 aliphatic rings. The maximum Gasteiger partial charge on any atom is 0.0970 e. The molecule has 2 aromatic heterocycles. The van der Waals surface area contributed by atoms with E-state index in [9.17, 15) is 0 Å². The lowest BCUT2D eigenvalue weighted by molar-refractivity contribution is 0.202. The molecule has 0 N–H and O–H groups in total. The van der Waals surface area contributed by atoms with Crippen molar-refractivity contribution in [3.63, 3.8) is 0 Å². The first-order valence-electron chi connectivity index (χ1n) is 11.1. The van der Waals surface area contributed by atoms with Crippen LogP contribution in [0.3, 0.4) is 0 Å². The van der Waals surface area contributed by atoms with E-state index in [1.165, 1.54) is 21.0 Å². The largest absolute Gasteiger partial charge is 0.297 e. The van der Waals surface area contributed by atoms with Gasteiger partial charge in [-0.05, 0) is 62.7 Å². The molecular formula is C27H26ClN3S. The van der Waals surface area contributed by atoms with Crippen LogP contribution in [0.25, 0.3) is 21.7 Å². The molecule has 0 amide bonds. The summed E-state index contributed by atoms with van der Waals surface area (Å²) in [5.41, 5.74) is 5.84. The average Bonchev–Trinajstić information content (AvgIpc) is 3.27. The zero-order valence-corrected chi connectivity index (χ0v) is 19.7. The van der Waals surface area contributed by atoms with Gasteiger partial charge in [0.15, 0.2) is 0 Å². The third-order valence-corrected chi connectivity index (χ3v) is 7.64.